The number of Topliss-reactive ketones (excluding diaryl/α,β-unsaturated/α-hetero) is 1. The van der Waals surface area contributed by atoms with E-state index in [-0.39, 0.29) is 5.78 Å². The Morgan fingerprint density at radius 3 is 2.79 bits per heavy atom. The van der Waals surface area contributed by atoms with Crippen LogP contribution in [-0.2, 0) is 0 Å². The summed E-state index contributed by atoms with van der Waals surface area (Å²) in [6.07, 6.45) is 2.35. The van der Waals surface area contributed by atoms with Crippen molar-refractivity contribution in [2.24, 2.45) is 0 Å². The Hall–Kier alpha value is -2.21. The van der Waals surface area contributed by atoms with Gasteiger partial charge in [0, 0.05) is 41.7 Å². The molecule has 19 heavy (non-hydrogen) atoms. The van der Waals surface area contributed by atoms with Gasteiger partial charge in [-0.3, -0.25) is 4.79 Å². The summed E-state index contributed by atoms with van der Waals surface area (Å²) in [7, 11) is 0. The summed E-state index contributed by atoms with van der Waals surface area (Å²) >= 11 is 0. The number of nitrogens with one attached hydrogen (secondary N) is 1. The van der Waals surface area contributed by atoms with Crippen molar-refractivity contribution in [1.29, 1.82) is 0 Å². The van der Waals surface area contributed by atoms with Crippen molar-refractivity contribution >= 4 is 16.7 Å². The van der Waals surface area contributed by atoms with Crippen LogP contribution in [0.1, 0.15) is 28.9 Å². The zero-order valence-corrected chi connectivity index (χ0v) is 11.0. The molecule has 0 aliphatic carbocycles. The van der Waals surface area contributed by atoms with Crippen LogP contribution < -0.4 is 0 Å². The molecule has 0 amide bonds. The second kappa shape index (κ2) is 4.81. The number of aryl methyl sites for hydroxylation is 1. The molecule has 3 heteroatoms. The maximum Gasteiger partial charge on any atom is 0.240 e. The summed E-state index contributed by atoms with van der Waals surface area (Å²) < 4.78 is 0. The first kappa shape index (κ1) is 11.9. The van der Waals surface area contributed by atoms with Gasteiger partial charge < -0.3 is 9.88 Å². The van der Waals surface area contributed by atoms with E-state index in [1.807, 2.05) is 36.1 Å². The van der Waals surface area contributed by atoms with Gasteiger partial charge >= 0.3 is 0 Å². The fourth-order valence-electron chi connectivity index (χ4n) is 2.59. The number of benzene rings is 1. The summed E-state index contributed by atoms with van der Waals surface area (Å²) in [4.78, 5) is 17.5. The third-order valence-electron chi connectivity index (χ3n) is 3.55. The summed E-state index contributed by atoms with van der Waals surface area (Å²) in [5, 5.41) is 0.959. The van der Waals surface area contributed by atoms with Gasteiger partial charge in [0.25, 0.3) is 0 Å². The highest BCUT2D eigenvalue weighted by molar-refractivity contribution is 6.17. The molecule has 0 saturated carbocycles. The second-order valence-electron chi connectivity index (χ2n) is 4.93. The number of carbonyl (C=O) groups is 1. The Bertz CT molecular complexity index is 682. The first-order valence-electron chi connectivity index (χ1n) is 6.64. The maximum atomic E-state index is 12.3. The highest BCUT2D eigenvalue weighted by Gasteiger charge is 2.14. The second-order valence-corrected chi connectivity index (χ2v) is 4.93. The predicted octanol–water partition coefficient (Wildman–Crippen LogP) is 2.72. The zero-order chi connectivity index (χ0) is 13.2. The number of ketones is 1. The van der Waals surface area contributed by atoms with Gasteiger partial charge in [0.15, 0.2) is 0 Å². The molecule has 0 bridgehead atoms. The molecule has 96 valence electrons. The van der Waals surface area contributed by atoms with Crippen LogP contribution in [0, 0.1) is 18.9 Å². The van der Waals surface area contributed by atoms with E-state index in [0.29, 0.717) is 5.56 Å². The molecule has 0 atom stereocenters. The minimum Gasteiger partial charge on any atom is -0.358 e. The van der Waals surface area contributed by atoms with Crippen LogP contribution in [0.2, 0.25) is 0 Å². The van der Waals surface area contributed by atoms with Gasteiger partial charge in [-0.25, -0.2) is 0 Å². The quantitative estimate of drug-likeness (QED) is 0.625. The standard InChI is InChI=1S/C16H16N2O/c1-12-16(13-6-2-3-7-14(13)17-12)15(19)8-11-18-9-4-5-10-18/h2-3,6-7,17H,4-5,9-10H2,1H3. The molecule has 1 aliphatic rings. The normalized spacial score (nSPS) is 14.5. The minimum atomic E-state index is -0.0955. The van der Waals surface area contributed by atoms with Gasteiger partial charge in [0.1, 0.15) is 0 Å². The fourth-order valence-corrected chi connectivity index (χ4v) is 2.59. The molecule has 1 aromatic carbocycles. The molecule has 0 radical (unpaired) electrons. The van der Waals surface area contributed by atoms with Crippen molar-refractivity contribution in [3.8, 4) is 12.0 Å². The van der Waals surface area contributed by atoms with E-state index in [0.717, 1.165) is 29.7 Å². The third kappa shape index (κ3) is 2.22. The molecule has 0 unspecified atom stereocenters. The van der Waals surface area contributed by atoms with Crippen LogP contribution in [0.15, 0.2) is 24.3 Å². The smallest absolute Gasteiger partial charge is 0.240 e. The van der Waals surface area contributed by atoms with Gasteiger partial charge in [-0.05, 0) is 25.8 Å². The van der Waals surface area contributed by atoms with Crippen molar-refractivity contribution in [2.75, 3.05) is 13.1 Å². The number of H-pyrrole nitrogens is 1. The summed E-state index contributed by atoms with van der Waals surface area (Å²) in [5.41, 5.74) is 2.59. The Kier molecular flexibility index (Phi) is 3.00. The van der Waals surface area contributed by atoms with Crippen molar-refractivity contribution in [2.45, 2.75) is 19.8 Å². The number of aromatic nitrogens is 1. The topological polar surface area (TPSA) is 36.1 Å². The summed E-state index contributed by atoms with van der Waals surface area (Å²) in [6.45, 7) is 3.88. The van der Waals surface area contributed by atoms with E-state index in [4.69, 9.17) is 0 Å². The van der Waals surface area contributed by atoms with E-state index >= 15 is 0 Å². The SMILES string of the molecule is Cc1[nH]c2ccccc2c1C(=O)C#CN1CCCC1. The lowest BCUT2D eigenvalue weighted by atomic mass is 10.1. The summed E-state index contributed by atoms with van der Waals surface area (Å²) in [6, 6.07) is 10.8. The molecule has 2 aromatic rings. The van der Waals surface area contributed by atoms with Crippen molar-refractivity contribution in [1.82, 2.24) is 9.88 Å². The first-order chi connectivity index (χ1) is 9.25. The fraction of sp³-hybridized carbons (Fsp3) is 0.312. The molecule has 1 aliphatic heterocycles. The molecule has 2 heterocycles. The lowest BCUT2D eigenvalue weighted by Crippen LogP contribution is -2.12. The van der Waals surface area contributed by atoms with Crippen LogP contribution >= 0.6 is 0 Å². The molecule has 1 N–H and O–H groups in total. The average Bonchev–Trinajstić information content (AvgIpc) is 3.02. The molecule has 1 aromatic heterocycles. The van der Waals surface area contributed by atoms with Crippen molar-refractivity contribution < 1.29 is 4.79 Å². The maximum absolute atomic E-state index is 12.3. The molecule has 1 fully saturated rings. The number of rotatable bonds is 1. The van der Waals surface area contributed by atoms with Crippen LogP contribution in [-0.4, -0.2) is 28.8 Å². The van der Waals surface area contributed by atoms with Crippen molar-refractivity contribution in [3.05, 3.63) is 35.5 Å². The van der Waals surface area contributed by atoms with Gasteiger partial charge in [0.05, 0.1) is 5.56 Å². The minimum absolute atomic E-state index is 0.0955. The van der Waals surface area contributed by atoms with Crippen LogP contribution in [0.3, 0.4) is 0 Å². The Labute approximate surface area is 112 Å². The van der Waals surface area contributed by atoms with E-state index < -0.39 is 0 Å². The van der Waals surface area contributed by atoms with Crippen molar-refractivity contribution in [3.63, 3.8) is 0 Å². The Balaban J connectivity index is 1.95. The first-order valence-corrected chi connectivity index (χ1v) is 6.64. The zero-order valence-electron chi connectivity index (χ0n) is 11.0. The average molecular weight is 252 g/mol. The number of carbonyl (C=O) groups excluding carboxylic acids is 1. The molecular weight excluding hydrogens is 236 g/mol. The van der Waals surface area contributed by atoms with E-state index in [1.54, 1.807) is 0 Å². The van der Waals surface area contributed by atoms with Gasteiger partial charge in [-0.1, -0.05) is 18.2 Å². The Morgan fingerprint density at radius 2 is 2.00 bits per heavy atom. The molecular formula is C16H16N2O. The van der Waals surface area contributed by atoms with Crippen LogP contribution in [0.5, 0.6) is 0 Å². The number of fused-ring (bicyclic) bond motifs is 1. The number of nitrogens with zero attached hydrogens (tertiary/aromatic N) is 1. The number of likely N-dealkylation sites (tertiary alicyclic amines) is 1. The third-order valence-corrected chi connectivity index (χ3v) is 3.55. The van der Waals surface area contributed by atoms with E-state index in [2.05, 4.69) is 16.9 Å². The van der Waals surface area contributed by atoms with Crippen LogP contribution in [0.25, 0.3) is 10.9 Å². The molecule has 3 nitrogen and oxygen atoms in total. The predicted molar refractivity (Wildman–Crippen MR) is 75.9 cm³/mol. The number of para-hydroxylation sites is 1. The number of hydrogen-bond donors (Lipinski definition) is 1. The van der Waals surface area contributed by atoms with Gasteiger partial charge in [-0.2, -0.15) is 0 Å². The van der Waals surface area contributed by atoms with Gasteiger partial charge in [-0.15, -0.1) is 0 Å². The van der Waals surface area contributed by atoms with Gasteiger partial charge in [0.2, 0.25) is 5.78 Å². The lowest BCUT2D eigenvalue weighted by molar-refractivity contribution is 0.105. The molecule has 0 spiro atoms. The highest BCUT2D eigenvalue weighted by atomic mass is 16.1. The van der Waals surface area contributed by atoms with E-state index in [1.165, 1.54) is 12.8 Å². The molecule has 1 saturated heterocycles. The lowest BCUT2D eigenvalue weighted by Gasteiger charge is -2.05. The largest absolute Gasteiger partial charge is 0.358 e. The summed E-state index contributed by atoms with van der Waals surface area (Å²) in [5.74, 6) is 2.68. The van der Waals surface area contributed by atoms with Crippen LogP contribution in [0.4, 0.5) is 0 Å². The molecule has 3 rings (SSSR count). The number of hydrogen-bond acceptors (Lipinski definition) is 2. The highest BCUT2D eigenvalue weighted by Crippen LogP contribution is 2.22. The monoisotopic (exact) mass is 252 g/mol. The number of aromatic amines is 1. The van der Waals surface area contributed by atoms with E-state index in [9.17, 15) is 4.79 Å². The Morgan fingerprint density at radius 1 is 1.26 bits per heavy atom.